The van der Waals surface area contributed by atoms with Crippen LogP contribution in [0.1, 0.15) is 64.2 Å². The zero-order chi connectivity index (χ0) is 13.6. The summed E-state index contributed by atoms with van der Waals surface area (Å²) in [4.78, 5) is 12.2. The van der Waals surface area contributed by atoms with Crippen molar-refractivity contribution in [1.29, 1.82) is 0 Å². The second kappa shape index (κ2) is 5.23. The number of nitrogens with one attached hydrogen (secondary N) is 1. The van der Waals surface area contributed by atoms with Crippen LogP contribution in [0.2, 0.25) is 0 Å². The van der Waals surface area contributed by atoms with Crippen molar-refractivity contribution < 1.29 is 4.79 Å². The third-order valence-electron chi connectivity index (χ3n) is 6.21. The van der Waals surface area contributed by atoms with E-state index >= 15 is 0 Å². The lowest BCUT2D eigenvalue weighted by molar-refractivity contribution is -0.119. The van der Waals surface area contributed by atoms with Gasteiger partial charge < -0.3 is 5.32 Å². The number of hydrogen-bond donors (Lipinski definition) is 1. The summed E-state index contributed by atoms with van der Waals surface area (Å²) in [7, 11) is 0. The maximum Gasteiger partial charge on any atom is 0.230 e. The second-order valence-electron chi connectivity index (χ2n) is 7.94. The van der Waals surface area contributed by atoms with E-state index in [9.17, 15) is 4.79 Å². The minimum Gasteiger partial charge on any atom is -0.353 e. The Labute approximate surface area is 126 Å². The molecular weight excluding hydrogens is 266 g/mol. The molecule has 0 atom stereocenters. The van der Waals surface area contributed by atoms with Crippen molar-refractivity contribution in [2.75, 3.05) is 5.75 Å². The molecule has 5 aliphatic carbocycles. The summed E-state index contributed by atoms with van der Waals surface area (Å²) in [6, 6.07) is 0.486. The van der Waals surface area contributed by atoms with Crippen LogP contribution in [-0.2, 0) is 4.79 Å². The Balaban J connectivity index is 1.31. The van der Waals surface area contributed by atoms with Crippen molar-refractivity contribution in [2.45, 2.75) is 75.0 Å². The molecule has 0 spiro atoms. The molecule has 0 radical (unpaired) electrons. The summed E-state index contributed by atoms with van der Waals surface area (Å²) in [5.41, 5.74) is 0. The van der Waals surface area contributed by atoms with Crippen LogP contribution >= 0.6 is 11.8 Å². The molecule has 1 N–H and O–H groups in total. The van der Waals surface area contributed by atoms with Crippen LogP contribution in [0.15, 0.2) is 0 Å². The van der Waals surface area contributed by atoms with Gasteiger partial charge in [0.05, 0.1) is 5.75 Å². The molecule has 1 amide bonds. The summed E-state index contributed by atoms with van der Waals surface area (Å²) in [5, 5.41) is 3.25. The molecule has 2 nitrogen and oxygen atoms in total. The van der Waals surface area contributed by atoms with Gasteiger partial charge in [0.1, 0.15) is 0 Å². The fourth-order valence-corrected chi connectivity index (χ4v) is 7.35. The van der Waals surface area contributed by atoms with Gasteiger partial charge in [-0.2, -0.15) is 0 Å². The van der Waals surface area contributed by atoms with Crippen LogP contribution in [0.25, 0.3) is 0 Å². The Hall–Kier alpha value is -0.180. The number of amides is 1. The minimum atomic E-state index is 0.303. The van der Waals surface area contributed by atoms with Crippen LogP contribution in [0.4, 0.5) is 0 Å². The molecule has 5 fully saturated rings. The lowest BCUT2D eigenvalue weighted by atomic mass is 9.56. The van der Waals surface area contributed by atoms with E-state index in [0.29, 0.717) is 22.4 Å². The van der Waals surface area contributed by atoms with E-state index in [-0.39, 0.29) is 0 Å². The summed E-state index contributed by atoms with van der Waals surface area (Å²) < 4.78 is 0.488. The van der Waals surface area contributed by atoms with Crippen molar-refractivity contribution in [3.63, 3.8) is 0 Å². The highest BCUT2D eigenvalue weighted by atomic mass is 32.2. The third kappa shape index (κ3) is 2.63. The molecule has 20 heavy (non-hydrogen) atoms. The topological polar surface area (TPSA) is 29.1 Å². The fourth-order valence-electron chi connectivity index (χ4n) is 5.77. The van der Waals surface area contributed by atoms with E-state index in [0.717, 1.165) is 17.8 Å². The zero-order valence-corrected chi connectivity index (χ0v) is 13.2. The lowest BCUT2D eigenvalue weighted by Crippen LogP contribution is -2.49. The van der Waals surface area contributed by atoms with Gasteiger partial charge in [0, 0.05) is 10.8 Å². The monoisotopic (exact) mass is 293 g/mol. The number of carbonyl (C=O) groups excluding carboxylic acids is 1. The number of carbonyl (C=O) groups is 1. The highest BCUT2D eigenvalue weighted by Gasteiger charge is 2.51. The number of thioether (sulfide) groups is 1. The van der Waals surface area contributed by atoms with Gasteiger partial charge in [-0.25, -0.2) is 0 Å². The SMILES string of the molecule is O=C(CSC12CC3CC(CC(C3)C1)C2)NC1CCCC1. The van der Waals surface area contributed by atoms with Gasteiger partial charge >= 0.3 is 0 Å². The van der Waals surface area contributed by atoms with Crippen molar-refractivity contribution in [3.8, 4) is 0 Å². The molecule has 0 aromatic heterocycles. The van der Waals surface area contributed by atoms with Crippen LogP contribution in [0.5, 0.6) is 0 Å². The average molecular weight is 293 g/mol. The van der Waals surface area contributed by atoms with E-state index in [1.807, 2.05) is 11.8 Å². The van der Waals surface area contributed by atoms with E-state index in [2.05, 4.69) is 5.32 Å². The largest absolute Gasteiger partial charge is 0.353 e. The lowest BCUT2D eigenvalue weighted by Gasteiger charge is -2.56. The first-order valence-electron chi connectivity index (χ1n) is 8.64. The van der Waals surface area contributed by atoms with Gasteiger partial charge in [-0.15, -0.1) is 11.8 Å². The molecule has 0 aliphatic heterocycles. The van der Waals surface area contributed by atoms with E-state index in [1.165, 1.54) is 64.2 Å². The number of hydrogen-bond acceptors (Lipinski definition) is 2. The molecule has 5 aliphatic rings. The van der Waals surface area contributed by atoms with Crippen molar-refractivity contribution in [1.82, 2.24) is 5.32 Å². The number of rotatable bonds is 4. The molecule has 0 saturated heterocycles. The van der Waals surface area contributed by atoms with Gasteiger partial charge in [0.2, 0.25) is 5.91 Å². The van der Waals surface area contributed by atoms with Gasteiger partial charge in [0.15, 0.2) is 0 Å². The minimum absolute atomic E-state index is 0.303. The first-order valence-corrected chi connectivity index (χ1v) is 9.63. The van der Waals surface area contributed by atoms with Gasteiger partial charge in [-0.3, -0.25) is 4.79 Å². The Bertz CT molecular complexity index is 353. The summed E-state index contributed by atoms with van der Waals surface area (Å²) in [5.74, 6) is 3.99. The summed E-state index contributed by atoms with van der Waals surface area (Å²) in [6.07, 6.45) is 13.7. The quantitative estimate of drug-likeness (QED) is 0.855. The van der Waals surface area contributed by atoms with Crippen molar-refractivity contribution in [3.05, 3.63) is 0 Å². The maximum atomic E-state index is 12.2. The maximum absolute atomic E-state index is 12.2. The molecule has 3 heteroatoms. The molecular formula is C17H27NOS. The van der Waals surface area contributed by atoms with Gasteiger partial charge in [-0.1, -0.05) is 12.8 Å². The predicted molar refractivity (Wildman–Crippen MR) is 83.8 cm³/mol. The molecule has 5 saturated carbocycles. The highest BCUT2D eigenvalue weighted by molar-refractivity contribution is 8.01. The van der Waals surface area contributed by atoms with Crippen LogP contribution in [0.3, 0.4) is 0 Å². The Kier molecular flexibility index (Phi) is 3.52. The molecule has 0 aromatic rings. The Morgan fingerprint density at radius 3 is 2.10 bits per heavy atom. The second-order valence-corrected chi connectivity index (χ2v) is 9.38. The predicted octanol–water partition coefficient (Wildman–Crippen LogP) is 3.75. The molecule has 5 rings (SSSR count). The first kappa shape index (κ1) is 13.5. The molecule has 0 aromatic carbocycles. The highest BCUT2D eigenvalue weighted by Crippen LogP contribution is 2.60. The third-order valence-corrected chi connectivity index (χ3v) is 7.73. The van der Waals surface area contributed by atoms with E-state index < -0.39 is 0 Å². The molecule has 0 heterocycles. The van der Waals surface area contributed by atoms with Gasteiger partial charge in [0.25, 0.3) is 0 Å². The van der Waals surface area contributed by atoms with Crippen LogP contribution in [-0.4, -0.2) is 22.4 Å². The Morgan fingerprint density at radius 1 is 1.00 bits per heavy atom. The van der Waals surface area contributed by atoms with E-state index in [1.54, 1.807) is 0 Å². The standard InChI is InChI=1S/C17H27NOS/c19-16(18-15-3-1-2-4-15)11-20-17-8-12-5-13(9-17)7-14(6-12)10-17/h12-15H,1-11H2,(H,18,19). The Morgan fingerprint density at radius 2 is 1.55 bits per heavy atom. The van der Waals surface area contributed by atoms with Gasteiger partial charge in [-0.05, 0) is 69.1 Å². The molecule has 0 unspecified atom stereocenters. The summed E-state index contributed by atoms with van der Waals surface area (Å²) in [6.45, 7) is 0. The molecule has 4 bridgehead atoms. The normalized spacial score (nSPS) is 43.1. The summed E-state index contributed by atoms with van der Waals surface area (Å²) >= 11 is 2.01. The smallest absolute Gasteiger partial charge is 0.230 e. The first-order chi connectivity index (χ1) is 9.71. The average Bonchev–Trinajstić information content (AvgIpc) is 2.88. The zero-order valence-electron chi connectivity index (χ0n) is 12.4. The van der Waals surface area contributed by atoms with Crippen LogP contribution < -0.4 is 5.32 Å². The fraction of sp³-hybridized carbons (Fsp3) is 0.941. The van der Waals surface area contributed by atoms with E-state index in [4.69, 9.17) is 0 Å². The van der Waals surface area contributed by atoms with Crippen molar-refractivity contribution >= 4 is 17.7 Å². The molecule has 112 valence electrons. The van der Waals surface area contributed by atoms with Crippen LogP contribution in [0, 0.1) is 17.8 Å². The van der Waals surface area contributed by atoms with Crippen molar-refractivity contribution in [2.24, 2.45) is 17.8 Å².